The number of carboxylic acid groups (broad SMARTS) is 1. The number of ether oxygens (including phenoxy) is 2. The maximum absolute atomic E-state index is 14.8. The minimum atomic E-state index is -1.28. The molecule has 2 aliphatic heterocycles. The van der Waals surface area contributed by atoms with Crippen molar-refractivity contribution in [3.05, 3.63) is 112 Å². The minimum Gasteiger partial charge on any atom is -0.481 e. The van der Waals surface area contributed by atoms with Crippen molar-refractivity contribution >= 4 is 17.6 Å². The molecule has 0 aliphatic carbocycles. The van der Waals surface area contributed by atoms with Crippen LogP contribution in [0.2, 0.25) is 5.02 Å². The molecule has 6 rings (SSSR count). The van der Waals surface area contributed by atoms with Gasteiger partial charge in [0.1, 0.15) is 11.6 Å². The fraction of sp³-hybridized carbons (Fsp3) is 0.333. The van der Waals surface area contributed by atoms with Crippen LogP contribution in [0.3, 0.4) is 0 Å². The molecule has 0 bridgehead atoms. The SMILES string of the molecule is CC1(c2ccc(Cl)cc2F)Oc2cccc(C3CCN(Cc4ncc(CCC(=O)O)n4Cc4ccccc4)CC3)c2O1. The lowest BCUT2D eigenvalue weighted by Crippen LogP contribution is -2.34. The normalized spacial score (nSPS) is 18.8. The summed E-state index contributed by atoms with van der Waals surface area (Å²) in [7, 11) is 0. The van der Waals surface area contributed by atoms with Crippen molar-refractivity contribution in [3.8, 4) is 11.5 Å². The molecule has 7 nitrogen and oxygen atoms in total. The third kappa shape index (κ3) is 5.87. The minimum absolute atomic E-state index is 0.0716. The van der Waals surface area contributed by atoms with Crippen molar-refractivity contribution in [2.75, 3.05) is 13.1 Å². The molecule has 4 aromatic rings. The largest absolute Gasteiger partial charge is 0.481 e. The van der Waals surface area contributed by atoms with E-state index in [1.807, 2.05) is 36.5 Å². The lowest BCUT2D eigenvalue weighted by molar-refractivity contribution is -0.137. The van der Waals surface area contributed by atoms with Crippen molar-refractivity contribution in [3.63, 3.8) is 0 Å². The molecule has 1 N–H and O–H groups in total. The second kappa shape index (κ2) is 11.8. The van der Waals surface area contributed by atoms with E-state index in [1.165, 1.54) is 6.07 Å². The molecule has 9 heteroatoms. The first-order chi connectivity index (χ1) is 20.3. The number of hydrogen-bond acceptors (Lipinski definition) is 5. The number of carbonyl (C=O) groups is 1. The van der Waals surface area contributed by atoms with Crippen molar-refractivity contribution in [1.29, 1.82) is 0 Å². The Morgan fingerprint density at radius 2 is 1.86 bits per heavy atom. The summed E-state index contributed by atoms with van der Waals surface area (Å²) in [5, 5.41) is 9.55. The molecular weight excluding hydrogens is 557 g/mol. The van der Waals surface area contributed by atoms with Gasteiger partial charge in [0.2, 0.25) is 0 Å². The number of fused-ring (bicyclic) bond motifs is 1. The summed E-state index contributed by atoms with van der Waals surface area (Å²) in [6, 6.07) is 20.6. The van der Waals surface area contributed by atoms with Crippen LogP contribution in [0, 0.1) is 5.82 Å². The fourth-order valence-electron chi connectivity index (χ4n) is 6.01. The Morgan fingerprint density at radius 1 is 1.07 bits per heavy atom. The van der Waals surface area contributed by atoms with Gasteiger partial charge in [-0.3, -0.25) is 9.69 Å². The number of para-hydroxylation sites is 1. The Labute approximate surface area is 249 Å². The highest BCUT2D eigenvalue weighted by molar-refractivity contribution is 6.30. The zero-order chi connectivity index (χ0) is 29.3. The summed E-state index contributed by atoms with van der Waals surface area (Å²) in [5.74, 6) is -0.0564. The van der Waals surface area contributed by atoms with Crippen LogP contribution < -0.4 is 9.47 Å². The molecule has 0 saturated carbocycles. The topological polar surface area (TPSA) is 76.8 Å². The molecule has 218 valence electrons. The maximum Gasteiger partial charge on any atom is 0.303 e. The van der Waals surface area contributed by atoms with E-state index in [1.54, 1.807) is 19.1 Å². The third-order valence-corrected chi connectivity index (χ3v) is 8.46. The average Bonchev–Trinajstić information content (AvgIpc) is 3.52. The van der Waals surface area contributed by atoms with Gasteiger partial charge < -0.3 is 19.1 Å². The molecule has 0 spiro atoms. The number of piperidine rings is 1. The van der Waals surface area contributed by atoms with E-state index >= 15 is 0 Å². The van der Waals surface area contributed by atoms with E-state index < -0.39 is 17.6 Å². The highest BCUT2D eigenvalue weighted by Gasteiger charge is 2.43. The number of hydrogen-bond donors (Lipinski definition) is 1. The van der Waals surface area contributed by atoms with Crippen LogP contribution in [0.25, 0.3) is 0 Å². The second-order valence-electron chi connectivity index (χ2n) is 11.1. The number of likely N-dealkylation sites (tertiary alicyclic amines) is 1. The summed E-state index contributed by atoms with van der Waals surface area (Å²) in [6.07, 6.45) is 4.19. The summed E-state index contributed by atoms with van der Waals surface area (Å²) in [6.45, 7) is 4.82. The number of aromatic nitrogens is 2. The van der Waals surface area contributed by atoms with Gasteiger partial charge >= 0.3 is 5.97 Å². The summed E-state index contributed by atoms with van der Waals surface area (Å²) < 4.78 is 29.5. The second-order valence-corrected chi connectivity index (χ2v) is 11.6. The van der Waals surface area contributed by atoms with E-state index in [9.17, 15) is 14.3 Å². The number of carboxylic acids is 1. The summed E-state index contributed by atoms with van der Waals surface area (Å²) >= 11 is 5.97. The van der Waals surface area contributed by atoms with Gasteiger partial charge in [0.15, 0.2) is 11.5 Å². The first kappa shape index (κ1) is 28.2. The first-order valence-electron chi connectivity index (χ1n) is 14.3. The van der Waals surface area contributed by atoms with Crippen LogP contribution in [0.1, 0.15) is 60.3 Å². The quantitative estimate of drug-likeness (QED) is 0.232. The standard InChI is InChI=1S/C33H33ClFN3O4/c1-33(27-12-10-24(34)18-28(27)35)41-29-9-5-8-26(32(29)42-33)23-14-16-37(17-15-23)21-30-36-19-25(11-13-31(39)40)38(30)20-22-6-3-2-4-7-22/h2-10,12,18-19,23H,11,13-17,20-21H2,1H3,(H,39,40). The Balaban J connectivity index is 1.15. The van der Waals surface area contributed by atoms with Gasteiger partial charge in [-0.1, -0.05) is 54.1 Å². The van der Waals surface area contributed by atoms with Gasteiger partial charge in [-0.2, -0.15) is 0 Å². The molecule has 1 unspecified atom stereocenters. The molecule has 1 aromatic heterocycles. The van der Waals surface area contributed by atoms with Gasteiger partial charge in [-0.25, -0.2) is 9.37 Å². The molecule has 3 heterocycles. The van der Waals surface area contributed by atoms with Gasteiger partial charge in [0.05, 0.1) is 18.5 Å². The fourth-order valence-corrected chi connectivity index (χ4v) is 6.17. The molecule has 1 saturated heterocycles. The van der Waals surface area contributed by atoms with Crippen LogP contribution in [-0.4, -0.2) is 38.6 Å². The van der Waals surface area contributed by atoms with Gasteiger partial charge in [-0.15, -0.1) is 0 Å². The van der Waals surface area contributed by atoms with Crippen molar-refractivity contribution in [2.24, 2.45) is 0 Å². The molecule has 1 atom stereocenters. The average molecular weight is 590 g/mol. The van der Waals surface area contributed by atoms with Gasteiger partial charge in [-0.05, 0) is 68.1 Å². The van der Waals surface area contributed by atoms with Crippen LogP contribution in [0.4, 0.5) is 4.39 Å². The number of rotatable bonds is 9. The van der Waals surface area contributed by atoms with Crippen LogP contribution in [0.5, 0.6) is 11.5 Å². The van der Waals surface area contributed by atoms with Crippen molar-refractivity contribution in [1.82, 2.24) is 14.5 Å². The van der Waals surface area contributed by atoms with Gasteiger partial charge in [0, 0.05) is 35.9 Å². The molecule has 0 amide bonds. The number of imidazole rings is 1. The molecule has 2 aliphatic rings. The Morgan fingerprint density at radius 3 is 2.60 bits per heavy atom. The molecule has 42 heavy (non-hydrogen) atoms. The van der Waals surface area contributed by atoms with E-state index in [0.29, 0.717) is 41.6 Å². The Kier molecular flexibility index (Phi) is 7.92. The van der Waals surface area contributed by atoms with Crippen molar-refractivity contribution < 1.29 is 23.8 Å². The molecule has 0 radical (unpaired) electrons. The molecular formula is C33H33ClFN3O4. The number of nitrogens with zero attached hydrogens (tertiary/aromatic N) is 3. The van der Waals surface area contributed by atoms with Crippen LogP contribution in [0.15, 0.2) is 72.9 Å². The van der Waals surface area contributed by atoms with E-state index in [-0.39, 0.29) is 12.3 Å². The van der Waals surface area contributed by atoms with E-state index in [0.717, 1.165) is 48.6 Å². The monoisotopic (exact) mass is 589 g/mol. The molecule has 1 fully saturated rings. The predicted octanol–water partition coefficient (Wildman–Crippen LogP) is 6.76. The zero-order valence-electron chi connectivity index (χ0n) is 23.4. The molecule has 3 aromatic carbocycles. The third-order valence-electron chi connectivity index (χ3n) is 8.22. The van der Waals surface area contributed by atoms with E-state index in [2.05, 4.69) is 27.7 Å². The highest BCUT2D eigenvalue weighted by atomic mass is 35.5. The predicted molar refractivity (Wildman–Crippen MR) is 157 cm³/mol. The van der Waals surface area contributed by atoms with Crippen LogP contribution in [-0.2, 0) is 30.1 Å². The summed E-state index contributed by atoms with van der Waals surface area (Å²) in [4.78, 5) is 18.4. The highest BCUT2D eigenvalue weighted by Crippen LogP contribution is 2.49. The lowest BCUT2D eigenvalue weighted by Gasteiger charge is -2.32. The summed E-state index contributed by atoms with van der Waals surface area (Å²) in [5.41, 5.74) is 3.46. The van der Waals surface area contributed by atoms with E-state index in [4.69, 9.17) is 26.1 Å². The number of halogens is 2. The number of benzene rings is 3. The van der Waals surface area contributed by atoms with Crippen LogP contribution >= 0.6 is 11.6 Å². The number of aryl methyl sites for hydroxylation is 1. The number of aliphatic carboxylic acids is 1. The smallest absolute Gasteiger partial charge is 0.303 e. The zero-order valence-corrected chi connectivity index (χ0v) is 24.2. The lowest BCUT2D eigenvalue weighted by atomic mass is 9.88. The Bertz CT molecular complexity index is 1590. The van der Waals surface area contributed by atoms with Gasteiger partial charge in [0.25, 0.3) is 5.79 Å². The Hall–Kier alpha value is -3.88. The maximum atomic E-state index is 14.8. The first-order valence-corrected chi connectivity index (χ1v) is 14.6. The van der Waals surface area contributed by atoms with Crippen molar-refractivity contribution in [2.45, 2.75) is 57.4 Å².